The lowest BCUT2D eigenvalue weighted by atomic mass is 9.82. The van der Waals surface area contributed by atoms with Crippen molar-refractivity contribution in [1.29, 1.82) is 0 Å². The van der Waals surface area contributed by atoms with Crippen molar-refractivity contribution in [2.75, 3.05) is 18.8 Å². The Bertz CT molecular complexity index is 418. The highest BCUT2D eigenvalue weighted by atomic mass is 16.2. The van der Waals surface area contributed by atoms with E-state index in [1.165, 1.54) is 0 Å². The van der Waals surface area contributed by atoms with Crippen LogP contribution in [0.25, 0.3) is 0 Å². The molecule has 0 unspecified atom stereocenters. The number of nitrogen functional groups attached to an aromatic ring is 1. The molecule has 0 radical (unpaired) electrons. The highest BCUT2D eigenvalue weighted by molar-refractivity contribution is 5.94. The van der Waals surface area contributed by atoms with Gasteiger partial charge >= 0.3 is 0 Å². The summed E-state index contributed by atoms with van der Waals surface area (Å²) in [4.78, 5) is 18.0. The Morgan fingerprint density at radius 3 is 2.65 bits per heavy atom. The molecule has 0 aliphatic carbocycles. The maximum Gasteiger partial charge on any atom is 0.254 e. The molecule has 1 fully saturated rings. The Kier molecular flexibility index (Phi) is 3.05. The van der Waals surface area contributed by atoms with E-state index in [0.29, 0.717) is 16.8 Å². The minimum atomic E-state index is 0.0644. The van der Waals surface area contributed by atoms with Crippen molar-refractivity contribution in [1.82, 2.24) is 9.88 Å². The summed E-state index contributed by atoms with van der Waals surface area (Å²) in [5, 5.41) is 0. The van der Waals surface area contributed by atoms with Gasteiger partial charge in [-0.1, -0.05) is 13.8 Å². The highest BCUT2D eigenvalue weighted by Gasteiger charge is 2.28. The fourth-order valence-corrected chi connectivity index (χ4v) is 2.08. The third kappa shape index (κ3) is 2.75. The molecule has 1 saturated heterocycles. The van der Waals surface area contributed by atoms with Crippen molar-refractivity contribution < 1.29 is 4.79 Å². The third-order valence-electron chi connectivity index (χ3n) is 3.43. The summed E-state index contributed by atoms with van der Waals surface area (Å²) < 4.78 is 0. The SMILES string of the molecule is CC1(C)CCN(C(=O)c2ccnc(N)c2)CC1. The molecular weight excluding hydrogens is 214 g/mol. The van der Waals surface area contributed by atoms with E-state index in [2.05, 4.69) is 18.8 Å². The minimum absolute atomic E-state index is 0.0644. The molecule has 1 aliphatic heterocycles. The Labute approximate surface area is 102 Å². The summed E-state index contributed by atoms with van der Waals surface area (Å²) >= 11 is 0. The third-order valence-corrected chi connectivity index (χ3v) is 3.43. The molecule has 17 heavy (non-hydrogen) atoms. The van der Waals surface area contributed by atoms with Crippen molar-refractivity contribution in [2.45, 2.75) is 26.7 Å². The molecular formula is C13H19N3O. The summed E-state index contributed by atoms with van der Waals surface area (Å²) in [6, 6.07) is 3.36. The Balaban J connectivity index is 2.07. The molecule has 92 valence electrons. The van der Waals surface area contributed by atoms with Crippen molar-refractivity contribution in [2.24, 2.45) is 5.41 Å². The van der Waals surface area contributed by atoms with Crippen LogP contribution < -0.4 is 5.73 Å². The van der Waals surface area contributed by atoms with Gasteiger partial charge in [-0.05, 0) is 30.4 Å². The maximum absolute atomic E-state index is 12.2. The van der Waals surface area contributed by atoms with Crippen LogP contribution in [0.3, 0.4) is 0 Å². The van der Waals surface area contributed by atoms with E-state index in [0.717, 1.165) is 25.9 Å². The molecule has 2 rings (SSSR count). The van der Waals surface area contributed by atoms with Gasteiger partial charge < -0.3 is 10.6 Å². The van der Waals surface area contributed by atoms with E-state index in [-0.39, 0.29) is 5.91 Å². The topological polar surface area (TPSA) is 59.2 Å². The van der Waals surface area contributed by atoms with Crippen molar-refractivity contribution in [3.8, 4) is 0 Å². The van der Waals surface area contributed by atoms with Gasteiger partial charge in [0, 0.05) is 24.8 Å². The number of carbonyl (C=O) groups is 1. The van der Waals surface area contributed by atoms with Gasteiger partial charge in [0.2, 0.25) is 0 Å². The van der Waals surface area contributed by atoms with Gasteiger partial charge in [-0.25, -0.2) is 4.98 Å². The monoisotopic (exact) mass is 233 g/mol. The van der Waals surface area contributed by atoms with Crippen molar-refractivity contribution >= 4 is 11.7 Å². The van der Waals surface area contributed by atoms with Crippen molar-refractivity contribution in [3.63, 3.8) is 0 Å². The average molecular weight is 233 g/mol. The molecule has 1 aliphatic rings. The van der Waals surface area contributed by atoms with Crippen LogP contribution in [0.5, 0.6) is 0 Å². The number of hydrogen-bond donors (Lipinski definition) is 1. The molecule has 2 heterocycles. The Hall–Kier alpha value is -1.58. The summed E-state index contributed by atoms with van der Waals surface area (Å²) in [5.41, 5.74) is 6.58. The Morgan fingerprint density at radius 1 is 1.41 bits per heavy atom. The van der Waals surface area contributed by atoms with Crippen LogP contribution in [0.15, 0.2) is 18.3 Å². The smallest absolute Gasteiger partial charge is 0.254 e. The average Bonchev–Trinajstić information content (AvgIpc) is 2.28. The van der Waals surface area contributed by atoms with Crippen LogP contribution in [0.1, 0.15) is 37.0 Å². The van der Waals surface area contributed by atoms with Gasteiger partial charge in [-0.15, -0.1) is 0 Å². The lowest BCUT2D eigenvalue weighted by molar-refractivity contribution is 0.0630. The number of aromatic nitrogens is 1. The number of hydrogen-bond acceptors (Lipinski definition) is 3. The molecule has 4 nitrogen and oxygen atoms in total. The van der Waals surface area contributed by atoms with Gasteiger partial charge in [0.25, 0.3) is 5.91 Å². The molecule has 1 amide bonds. The summed E-state index contributed by atoms with van der Waals surface area (Å²) in [6.07, 6.45) is 3.69. The van der Waals surface area contributed by atoms with Crippen molar-refractivity contribution in [3.05, 3.63) is 23.9 Å². The second-order valence-corrected chi connectivity index (χ2v) is 5.43. The van der Waals surface area contributed by atoms with Crippen LogP contribution in [0.2, 0.25) is 0 Å². The summed E-state index contributed by atoms with van der Waals surface area (Å²) in [5.74, 6) is 0.461. The van der Waals surface area contributed by atoms with Crippen LogP contribution in [0, 0.1) is 5.41 Å². The molecule has 1 aromatic heterocycles. The molecule has 0 spiro atoms. The van der Waals surface area contributed by atoms with Crippen LogP contribution in [0.4, 0.5) is 5.82 Å². The molecule has 4 heteroatoms. The van der Waals surface area contributed by atoms with Crippen LogP contribution in [-0.4, -0.2) is 28.9 Å². The van der Waals surface area contributed by atoms with Gasteiger partial charge in [0.15, 0.2) is 0 Å². The van der Waals surface area contributed by atoms with Crippen LogP contribution >= 0.6 is 0 Å². The first-order chi connectivity index (χ1) is 7.98. The maximum atomic E-state index is 12.2. The van der Waals surface area contributed by atoms with Gasteiger partial charge in [-0.3, -0.25) is 4.79 Å². The molecule has 0 aromatic carbocycles. The standard InChI is InChI=1S/C13H19N3O/c1-13(2)4-7-16(8-5-13)12(17)10-3-6-15-11(14)9-10/h3,6,9H,4-5,7-8H2,1-2H3,(H2,14,15). The highest BCUT2D eigenvalue weighted by Crippen LogP contribution is 2.30. The first-order valence-electron chi connectivity index (χ1n) is 5.99. The number of nitrogens with zero attached hydrogens (tertiary/aromatic N) is 2. The normalized spacial score (nSPS) is 19.1. The molecule has 0 saturated carbocycles. The number of anilines is 1. The fraction of sp³-hybridized carbons (Fsp3) is 0.538. The number of nitrogens with two attached hydrogens (primary N) is 1. The largest absolute Gasteiger partial charge is 0.384 e. The molecule has 0 bridgehead atoms. The number of piperidine rings is 1. The molecule has 2 N–H and O–H groups in total. The predicted octanol–water partition coefficient (Wildman–Crippen LogP) is 1.93. The second-order valence-electron chi connectivity index (χ2n) is 5.43. The number of pyridine rings is 1. The van der Waals surface area contributed by atoms with E-state index < -0.39 is 0 Å². The summed E-state index contributed by atoms with van der Waals surface area (Å²) in [7, 11) is 0. The van der Waals surface area contributed by atoms with E-state index in [9.17, 15) is 4.79 Å². The quantitative estimate of drug-likeness (QED) is 0.806. The minimum Gasteiger partial charge on any atom is -0.384 e. The van der Waals surface area contributed by atoms with E-state index in [4.69, 9.17) is 5.73 Å². The van der Waals surface area contributed by atoms with E-state index in [1.807, 2.05) is 4.90 Å². The lowest BCUT2D eigenvalue weighted by Crippen LogP contribution is -2.41. The first kappa shape index (κ1) is 11.9. The number of likely N-dealkylation sites (tertiary alicyclic amines) is 1. The molecule has 0 atom stereocenters. The molecule has 1 aromatic rings. The van der Waals surface area contributed by atoms with Gasteiger partial charge in [0.1, 0.15) is 5.82 Å². The first-order valence-corrected chi connectivity index (χ1v) is 5.99. The lowest BCUT2D eigenvalue weighted by Gasteiger charge is -2.36. The predicted molar refractivity (Wildman–Crippen MR) is 67.6 cm³/mol. The van der Waals surface area contributed by atoms with E-state index >= 15 is 0 Å². The number of amides is 1. The van der Waals surface area contributed by atoms with E-state index in [1.54, 1.807) is 18.3 Å². The zero-order chi connectivity index (χ0) is 12.5. The number of carbonyl (C=O) groups excluding carboxylic acids is 1. The Morgan fingerprint density at radius 2 is 2.06 bits per heavy atom. The summed E-state index contributed by atoms with van der Waals surface area (Å²) in [6.45, 7) is 6.15. The fourth-order valence-electron chi connectivity index (χ4n) is 2.08. The number of rotatable bonds is 1. The van der Waals surface area contributed by atoms with Crippen LogP contribution in [-0.2, 0) is 0 Å². The van der Waals surface area contributed by atoms with Gasteiger partial charge in [-0.2, -0.15) is 0 Å². The van der Waals surface area contributed by atoms with Gasteiger partial charge in [0.05, 0.1) is 0 Å². The zero-order valence-corrected chi connectivity index (χ0v) is 10.4. The zero-order valence-electron chi connectivity index (χ0n) is 10.4. The second kappa shape index (κ2) is 4.35.